The number of fused-ring (bicyclic) bond motifs is 2. The van der Waals surface area contributed by atoms with Crippen LogP contribution in [0.3, 0.4) is 0 Å². The van der Waals surface area contributed by atoms with Gasteiger partial charge in [0.05, 0.1) is 23.3 Å². The molecule has 3 aromatic rings. The van der Waals surface area contributed by atoms with Crippen molar-refractivity contribution < 1.29 is 14.3 Å². The van der Waals surface area contributed by atoms with Crippen molar-refractivity contribution >= 4 is 28.5 Å². The molecule has 0 bridgehead atoms. The van der Waals surface area contributed by atoms with Crippen molar-refractivity contribution in [3.63, 3.8) is 0 Å². The summed E-state index contributed by atoms with van der Waals surface area (Å²) in [5.41, 5.74) is 4.74. The van der Waals surface area contributed by atoms with Gasteiger partial charge in [-0.3, -0.25) is 9.78 Å². The van der Waals surface area contributed by atoms with E-state index in [1.807, 2.05) is 24.3 Å². The van der Waals surface area contributed by atoms with E-state index in [9.17, 15) is 9.59 Å². The summed E-state index contributed by atoms with van der Waals surface area (Å²) in [7, 11) is 0. The van der Waals surface area contributed by atoms with Crippen molar-refractivity contribution in [1.29, 1.82) is 0 Å². The molecule has 5 nitrogen and oxygen atoms in total. The lowest BCUT2D eigenvalue weighted by Crippen LogP contribution is -2.16. The number of rotatable bonds is 4. The number of nitrogens with one attached hydrogen (secondary N) is 1. The third kappa shape index (κ3) is 3.28. The largest absolute Gasteiger partial charge is 0.462 e. The fraction of sp³-hybridized carbons (Fsp3) is 0.227. The Morgan fingerprint density at radius 2 is 1.85 bits per heavy atom. The van der Waals surface area contributed by atoms with E-state index in [4.69, 9.17) is 9.72 Å². The Balaban J connectivity index is 1.65. The lowest BCUT2D eigenvalue weighted by molar-refractivity contribution is 0.0526. The first-order valence-electron chi connectivity index (χ1n) is 9.16. The SMILES string of the molecule is CCOC(=O)c1ccc(NC(=O)c2c3c(nc4ccccc24)CCC3)cc1. The molecule has 0 saturated heterocycles. The fourth-order valence-corrected chi connectivity index (χ4v) is 3.57. The van der Waals surface area contributed by atoms with Crippen LogP contribution in [-0.4, -0.2) is 23.5 Å². The summed E-state index contributed by atoms with van der Waals surface area (Å²) in [5, 5.41) is 3.83. The molecular formula is C22H20N2O3. The molecule has 5 heteroatoms. The van der Waals surface area contributed by atoms with E-state index < -0.39 is 0 Å². The van der Waals surface area contributed by atoms with E-state index in [1.165, 1.54) is 0 Å². The molecule has 0 radical (unpaired) electrons. The number of ether oxygens (including phenoxy) is 1. The Hall–Kier alpha value is -3.21. The zero-order valence-electron chi connectivity index (χ0n) is 15.1. The molecule has 0 spiro atoms. The Morgan fingerprint density at radius 1 is 1.07 bits per heavy atom. The van der Waals surface area contributed by atoms with Crippen molar-refractivity contribution in [1.82, 2.24) is 4.98 Å². The molecule has 1 amide bonds. The van der Waals surface area contributed by atoms with Crippen molar-refractivity contribution in [2.75, 3.05) is 11.9 Å². The summed E-state index contributed by atoms with van der Waals surface area (Å²) in [6.07, 6.45) is 2.81. The second-order valence-electron chi connectivity index (χ2n) is 6.53. The summed E-state index contributed by atoms with van der Waals surface area (Å²) in [4.78, 5) is 29.6. The van der Waals surface area contributed by atoms with Gasteiger partial charge in [-0.2, -0.15) is 0 Å². The number of carbonyl (C=O) groups is 2. The van der Waals surface area contributed by atoms with Crippen LogP contribution in [0.1, 0.15) is 45.3 Å². The summed E-state index contributed by atoms with van der Waals surface area (Å²) < 4.78 is 4.98. The van der Waals surface area contributed by atoms with Crippen LogP contribution in [0.4, 0.5) is 5.69 Å². The summed E-state index contributed by atoms with van der Waals surface area (Å²) in [6.45, 7) is 2.10. The van der Waals surface area contributed by atoms with Gasteiger partial charge in [-0.05, 0) is 62.1 Å². The van der Waals surface area contributed by atoms with Gasteiger partial charge in [0.2, 0.25) is 0 Å². The zero-order valence-corrected chi connectivity index (χ0v) is 15.1. The monoisotopic (exact) mass is 360 g/mol. The summed E-state index contributed by atoms with van der Waals surface area (Å²) >= 11 is 0. The van der Waals surface area contributed by atoms with Crippen molar-refractivity contribution in [2.45, 2.75) is 26.2 Å². The average Bonchev–Trinajstić information content (AvgIpc) is 3.14. The van der Waals surface area contributed by atoms with Crippen LogP contribution < -0.4 is 5.32 Å². The van der Waals surface area contributed by atoms with Gasteiger partial charge in [0.25, 0.3) is 5.91 Å². The molecule has 4 rings (SSSR count). The minimum Gasteiger partial charge on any atom is -0.462 e. The van der Waals surface area contributed by atoms with Crippen LogP contribution >= 0.6 is 0 Å². The number of aryl methyl sites for hydroxylation is 1. The van der Waals surface area contributed by atoms with Crippen LogP contribution in [-0.2, 0) is 17.6 Å². The molecule has 0 fully saturated rings. The van der Waals surface area contributed by atoms with Crippen LogP contribution in [0, 0.1) is 0 Å². The highest BCUT2D eigenvalue weighted by Crippen LogP contribution is 2.30. The van der Waals surface area contributed by atoms with E-state index in [0.717, 1.165) is 41.4 Å². The molecule has 1 aliphatic rings. The highest BCUT2D eigenvalue weighted by Gasteiger charge is 2.23. The number of amides is 1. The number of esters is 1. The van der Waals surface area contributed by atoms with Gasteiger partial charge in [-0.1, -0.05) is 18.2 Å². The lowest BCUT2D eigenvalue weighted by Gasteiger charge is -2.13. The third-order valence-corrected chi connectivity index (χ3v) is 4.80. The number of anilines is 1. The smallest absolute Gasteiger partial charge is 0.338 e. The lowest BCUT2D eigenvalue weighted by atomic mass is 10.0. The molecule has 0 unspecified atom stereocenters. The topological polar surface area (TPSA) is 68.3 Å². The maximum Gasteiger partial charge on any atom is 0.338 e. The molecule has 1 heterocycles. The van der Waals surface area contributed by atoms with Gasteiger partial charge >= 0.3 is 5.97 Å². The number of nitrogens with zero attached hydrogens (tertiary/aromatic N) is 1. The standard InChI is InChI=1S/C22H20N2O3/c1-2-27-22(26)14-10-12-15(13-11-14)23-21(25)20-16-6-3-4-8-18(16)24-19-9-5-7-17(19)20/h3-4,6,8,10-13H,2,5,7,9H2,1H3,(H,23,25). The number of carbonyl (C=O) groups excluding carboxylic acids is 2. The van der Waals surface area contributed by atoms with Crippen molar-refractivity contribution in [3.05, 3.63) is 70.9 Å². The molecule has 2 aromatic carbocycles. The Labute approximate surface area is 157 Å². The predicted molar refractivity (Wildman–Crippen MR) is 104 cm³/mol. The van der Waals surface area contributed by atoms with Crippen molar-refractivity contribution in [3.8, 4) is 0 Å². The Bertz CT molecular complexity index is 1030. The minimum absolute atomic E-state index is 0.143. The first-order chi connectivity index (χ1) is 13.2. The average molecular weight is 360 g/mol. The quantitative estimate of drug-likeness (QED) is 0.710. The molecule has 0 saturated carbocycles. The molecule has 0 aliphatic heterocycles. The predicted octanol–water partition coefficient (Wildman–Crippen LogP) is 4.15. The maximum atomic E-state index is 13.1. The van der Waals surface area contributed by atoms with Gasteiger partial charge in [0.1, 0.15) is 0 Å². The first kappa shape index (κ1) is 17.2. The Morgan fingerprint density at radius 3 is 2.63 bits per heavy atom. The van der Waals surface area contributed by atoms with E-state index in [1.54, 1.807) is 31.2 Å². The highest BCUT2D eigenvalue weighted by molar-refractivity contribution is 6.13. The third-order valence-electron chi connectivity index (χ3n) is 4.80. The number of hydrogen-bond acceptors (Lipinski definition) is 4. The van der Waals surface area contributed by atoms with E-state index >= 15 is 0 Å². The number of hydrogen-bond donors (Lipinski definition) is 1. The zero-order chi connectivity index (χ0) is 18.8. The maximum absolute atomic E-state index is 13.1. The second kappa shape index (κ2) is 7.19. The van der Waals surface area contributed by atoms with Crippen LogP contribution in [0.15, 0.2) is 48.5 Å². The summed E-state index contributed by atoms with van der Waals surface area (Å²) in [5.74, 6) is -0.510. The molecule has 1 N–H and O–H groups in total. The number of benzene rings is 2. The fourth-order valence-electron chi connectivity index (χ4n) is 3.57. The first-order valence-corrected chi connectivity index (χ1v) is 9.16. The summed E-state index contributed by atoms with van der Waals surface area (Å²) in [6, 6.07) is 14.5. The van der Waals surface area contributed by atoms with Crippen LogP contribution in [0.2, 0.25) is 0 Å². The molecule has 1 aromatic heterocycles. The number of aromatic nitrogens is 1. The van der Waals surface area contributed by atoms with Crippen LogP contribution in [0.25, 0.3) is 10.9 Å². The minimum atomic E-state index is -0.367. The molecule has 27 heavy (non-hydrogen) atoms. The van der Waals surface area contributed by atoms with Gasteiger partial charge < -0.3 is 10.1 Å². The van der Waals surface area contributed by atoms with Gasteiger partial charge in [-0.25, -0.2) is 4.79 Å². The number of pyridine rings is 1. The Kier molecular flexibility index (Phi) is 4.59. The van der Waals surface area contributed by atoms with E-state index in [-0.39, 0.29) is 11.9 Å². The number of para-hydroxylation sites is 1. The second-order valence-corrected chi connectivity index (χ2v) is 6.53. The van der Waals surface area contributed by atoms with Gasteiger partial charge in [-0.15, -0.1) is 0 Å². The normalized spacial score (nSPS) is 12.6. The van der Waals surface area contributed by atoms with Crippen molar-refractivity contribution in [2.24, 2.45) is 0 Å². The highest BCUT2D eigenvalue weighted by atomic mass is 16.5. The molecule has 0 atom stereocenters. The molecular weight excluding hydrogens is 340 g/mol. The van der Waals surface area contributed by atoms with Gasteiger partial charge in [0, 0.05) is 16.8 Å². The molecule has 136 valence electrons. The van der Waals surface area contributed by atoms with E-state index in [2.05, 4.69) is 5.32 Å². The van der Waals surface area contributed by atoms with Gasteiger partial charge in [0.15, 0.2) is 0 Å². The van der Waals surface area contributed by atoms with E-state index in [0.29, 0.717) is 23.4 Å². The van der Waals surface area contributed by atoms with Crippen LogP contribution in [0.5, 0.6) is 0 Å². The molecule has 1 aliphatic carbocycles.